The highest BCUT2D eigenvalue weighted by molar-refractivity contribution is 8.00. The molecule has 0 radical (unpaired) electrons. The largest absolute Gasteiger partial charge is 0.207 e. The molecule has 0 spiro atoms. The molecule has 0 unspecified atom stereocenters. The normalized spacial score (nSPS) is 11.9. The van der Waals surface area contributed by atoms with Crippen LogP contribution in [0.5, 0.6) is 0 Å². The lowest BCUT2D eigenvalue weighted by atomic mass is 10.3. The molecule has 0 heterocycles. The SMILES string of the molecule is CC(C)(C)Sc1c(F)cc(F)cc1F. The maximum Gasteiger partial charge on any atom is 0.142 e. The molecule has 78 valence electrons. The second-order valence-corrected chi connectivity index (χ2v) is 5.75. The smallest absolute Gasteiger partial charge is 0.142 e. The summed E-state index contributed by atoms with van der Waals surface area (Å²) in [7, 11) is 0. The van der Waals surface area contributed by atoms with Crippen LogP contribution in [0.15, 0.2) is 17.0 Å². The van der Waals surface area contributed by atoms with E-state index in [9.17, 15) is 13.2 Å². The maximum atomic E-state index is 13.1. The van der Waals surface area contributed by atoms with Crippen LogP contribution in [-0.4, -0.2) is 4.75 Å². The Morgan fingerprint density at radius 3 is 1.79 bits per heavy atom. The summed E-state index contributed by atoms with van der Waals surface area (Å²) in [6.45, 7) is 5.50. The first-order chi connectivity index (χ1) is 6.29. The summed E-state index contributed by atoms with van der Waals surface area (Å²) in [4.78, 5) is -0.126. The maximum absolute atomic E-state index is 13.1. The molecule has 0 saturated heterocycles. The molecule has 0 bridgehead atoms. The molecule has 0 nitrogen and oxygen atoms in total. The van der Waals surface area contributed by atoms with Crippen molar-refractivity contribution in [3.8, 4) is 0 Å². The third kappa shape index (κ3) is 2.94. The van der Waals surface area contributed by atoms with Crippen molar-refractivity contribution in [2.45, 2.75) is 30.4 Å². The molecule has 0 aliphatic heterocycles. The van der Waals surface area contributed by atoms with Crippen LogP contribution in [0.25, 0.3) is 0 Å². The highest BCUT2D eigenvalue weighted by Gasteiger charge is 2.19. The van der Waals surface area contributed by atoms with E-state index < -0.39 is 17.5 Å². The predicted molar refractivity (Wildman–Crippen MR) is 51.9 cm³/mol. The second kappa shape index (κ2) is 3.85. The Labute approximate surface area is 85.5 Å². The molecular formula is C10H11F3S. The van der Waals surface area contributed by atoms with Crippen molar-refractivity contribution in [1.82, 2.24) is 0 Å². The molecule has 4 heteroatoms. The predicted octanol–water partition coefficient (Wildman–Crippen LogP) is 3.99. The molecule has 1 aromatic carbocycles. The van der Waals surface area contributed by atoms with E-state index in [2.05, 4.69) is 0 Å². The summed E-state index contributed by atoms with van der Waals surface area (Å²) < 4.78 is 38.5. The van der Waals surface area contributed by atoms with Crippen LogP contribution >= 0.6 is 11.8 Å². The zero-order valence-corrected chi connectivity index (χ0v) is 9.01. The van der Waals surface area contributed by atoms with E-state index in [4.69, 9.17) is 0 Å². The summed E-state index contributed by atoms with van der Waals surface area (Å²) in [5.74, 6) is -2.58. The van der Waals surface area contributed by atoms with Gasteiger partial charge in [0.25, 0.3) is 0 Å². The average molecular weight is 220 g/mol. The summed E-state index contributed by atoms with van der Waals surface area (Å²) in [5, 5.41) is 0. The van der Waals surface area contributed by atoms with Gasteiger partial charge in [-0.15, -0.1) is 11.8 Å². The minimum Gasteiger partial charge on any atom is -0.207 e. The van der Waals surface area contributed by atoms with E-state index in [-0.39, 0.29) is 9.64 Å². The number of halogens is 3. The van der Waals surface area contributed by atoms with Gasteiger partial charge in [0.2, 0.25) is 0 Å². The standard InChI is InChI=1S/C10H11F3S/c1-10(2,3)14-9-7(12)4-6(11)5-8(9)13/h4-5H,1-3H3. The first-order valence-corrected chi connectivity index (χ1v) is 4.95. The fraction of sp³-hybridized carbons (Fsp3) is 0.400. The van der Waals surface area contributed by atoms with Crippen LogP contribution < -0.4 is 0 Å². The number of benzene rings is 1. The van der Waals surface area contributed by atoms with Gasteiger partial charge in [-0.25, -0.2) is 13.2 Å². The zero-order valence-electron chi connectivity index (χ0n) is 8.20. The van der Waals surface area contributed by atoms with E-state index in [1.807, 2.05) is 20.8 Å². The molecule has 0 amide bonds. The third-order valence-electron chi connectivity index (χ3n) is 1.37. The van der Waals surface area contributed by atoms with Gasteiger partial charge in [0.05, 0.1) is 4.90 Å². The fourth-order valence-corrected chi connectivity index (χ4v) is 1.86. The number of thioether (sulfide) groups is 1. The quantitative estimate of drug-likeness (QED) is 0.645. The lowest BCUT2D eigenvalue weighted by molar-refractivity contribution is 0.509. The van der Waals surface area contributed by atoms with Crippen molar-refractivity contribution in [2.75, 3.05) is 0 Å². The van der Waals surface area contributed by atoms with Gasteiger partial charge in [-0.2, -0.15) is 0 Å². The average Bonchev–Trinajstić information content (AvgIpc) is 1.95. The molecule has 0 aromatic heterocycles. The zero-order chi connectivity index (χ0) is 10.9. The molecule has 0 saturated carbocycles. The van der Waals surface area contributed by atoms with Crippen LogP contribution in [-0.2, 0) is 0 Å². The Morgan fingerprint density at radius 1 is 1.00 bits per heavy atom. The van der Waals surface area contributed by atoms with Gasteiger partial charge in [0.1, 0.15) is 17.5 Å². The molecule has 1 aromatic rings. The Balaban J connectivity index is 3.09. The highest BCUT2D eigenvalue weighted by atomic mass is 32.2. The summed E-state index contributed by atoms with van der Waals surface area (Å²) in [5.41, 5.74) is 0. The van der Waals surface area contributed by atoms with Crippen molar-refractivity contribution in [3.63, 3.8) is 0 Å². The number of hydrogen-bond acceptors (Lipinski definition) is 1. The number of hydrogen-bond donors (Lipinski definition) is 0. The summed E-state index contributed by atoms with van der Waals surface area (Å²) in [6.07, 6.45) is 0. The highest BCUT2D eigenvalue weighted by Crippen LogP contribution is 2.35. The lowest BCUT2D eigenvalue weighted by Gasteiger charge is -2.18. The number of rotatable bonds is 1. The van der Waals surface area contributed by atoms with E-state index in [0.717, 1.165) is 11.8 Å². The van der Waals surface area contributed by atoms with Crippen molar-refractivity contribution in [3.05, 3.63) is 29.6 Å². The van der Waals surface area contributed by atoms with E-state index in [1.165, 1.54) is 0 Å². The van der Waals surface area contributed by atoms with Crippen molar-refractivity contribution in [2.24, 2.45) is 0 Å². The summed E-state index contributed by atoms with van der Waals surface area (Å²) in [6, 6.07) is 1.38. The van der Waals surface area contributed by atoms with Crippen molar-refractivity contribution in [1.29, 1.82) is 0 Å². The first-order valence-electron chi connectivity index (χ1n) is 4.13. The Bertz CT molecular complexity index is 319. The molecular weight excluding hydrogens is 209 g/mol. The van der Waals surface area contributed by atoms with Crippen molar-refractivity contribution < 1.29 is 13.2 Å². The molecule has 0 N–H and O–H groups in total. The fourth-order valence-electron chi connectivity index (χ4n) is 0.933. The van der Waals surface area contributed by atoms with Gasteiger partial charge in [0, 0.05) is 16.9 Å². The van der Waals surface area contributed by atoms with Gasteiger partial charge in [-0.3, -0.25) is 0 Å². The molecule has 1 rings (SSSR count). The third-order valence-corrected chi connectivity index (χ3v) is 2.58. The van der Waals surface area contributed by atoms with Gasteiger partial charge in [0.15, 0.2) is 0 Å². The monoisotopic (exact) mass is 220 g/mol. The topological polar surface area (TPSA) is 0 Å². The first kappa shape index (κ1) is 11.4. The van der Waals surface area contributed by atoms with Crippen LogP contribution in [0.2, 0.25) is 0 Å². The van der Waals surface area contributed by atoms with E-state index in [0.29, 0.717) is 12.1 Å². The van der Waals surface area contributed by atoms with Crippen molar-refractivity contribution >= 4 is 11.8 Å². The van der Waals surface area contributed by atoms with Crippen LogP contribution in [0.3, 0.4) is 0 Å². The van der Waals surface area contributed by atoms with Crippen LogP contribution in [0, 0.1) is 17.5 Å². The van der Waals surface area contributed by atoms with Gasteiger partial charge >= 0.3 is 0 Å². The Hall–Kier alpha value is -0.640. The molecule has 14 heavy (non-hydrogen) atoms. The molecule has 0 aliphatic carbocycles. The lowest BCUT2D eigenvalue weighted by Crippen LogP contribution is -2.08. The van der Waals surface area contributed by atoms with Gasteiger partial charge in [-0.05, 0) is 0 Å². The minimum absolute atomic E-state index is 0.126. The molecule has 0 fully saturated rings. The molecule has 0 aliphatic rings. The minimum atomic E-state index is -0.891. The molecule has 0 atom stereocenters. The Morgan fingerprint density at radius 2 is 1.43 bits per heavy atom. The van der Waals surface area contributed by atoms with E-state index >= 15 is 0 Å². The van der Waals surface area contributed by atoms with Crippen LogP contribution in [0.4, 0.5) is 13.2 Å². The second-order valence-electron chi connectivity index (χ2n) is 3.91. The summed E-state index contributed by atoms with van der Waals surface area (Å²) >= 11 is 1.05. The van der Waals surface area contributed by atoms with Gasteiger partial charge in [-0.1, -0.05) is 20.8 Å². The van der Waals surface area contributed by atoms with Crippen LogP contribution in [0.1, 0.15) is 20.8 Å². The Kier molecular flexibility index (Phi) is 3.14. The van der Waals surface area contributed by atoms with Gasteiger partial charge < -0.3 is 0 Å². The van der Waals surface area contributed by atoms with E-state index in [1.54, 1.807) is 0 Å².